The summed E-state index contributed by atoms with van der Waals surface area (Å²) in [4.78, 5) is 15.0. The molecule has 0 saturated carbocycles. The van der Waals surface area contributed by atoms with E-state index >= 15 is 0 Å². The predicted octanol–water partition coefficient (Wildman–Crippen LogP) is 3.45. The fourth-order valence-corrected chi connectivity index (χ4v) is 3.68. The van der Waals surface area contributed by atoms with E-state index in [2.05, 4.69) is 58.5 Å². The summed E-state index contributed by atoms with van der Waals surface area (Å²) in [6.07, 6.45) is 0.558. The molecule has 2 N–H and O–H groups in total. The molecule has 2 aromatic carbocycles. The number of allylic oxidation sites excluding steroid dienone is 1. The molecule has 1 aliphatic heterocycles. The highest BCUT2D eigenvalue weighted by atomic mass is 16.1. The minimum absolute atomic E-state index is 0.0126. The van der Waals surface area contributed by atoms with Gasteiger partial charge < -0.3 is 15.5 Å². The van der Waals surface area contributed by atoms with Gasteiger partial charge in [0.15, 0.2) is 0 Å². The van der Waals surface area contributed by atoms with Crippen LogP contribution in [0, 0.1) is 11.3 Å². The maximum atomic E-state index is 12.6. The molecule has 5 nitrogen and oxygen atoms in total. The second kappa shape index (κ2) is 9.90. The predicted molar refractivity (Wildman–Crippen MR) is 118 cm³/mol. The molecule has 0 aromatic heterocycles. The molecule has 0 bridgehead atoms. The summed E-state index contributed by atoms with van der Waals surface area (Å²) >= 11 is 0. The Balaban J connectivity index is 1.82. The number of hydrogen-bond acceptors (Lipinski definition) is 4. The van der Waals surface area contributed by atoms with Crippen molar-refractivity contribution < 1.29 is 4.79 Å². The quantitative estimate of drug-likeness (QED) is 0.563. The van der Waals surface area contributed by atoms with Crippen molar-refractivity contribution in [3.05, 3.63) is 66.2 Å². The molecule has 29 heavy (non-hydrogen) atoms. The van der Waals surface area contributed by atoms with Crippen molar-refractivity contribution in [2.75, 3.05) is 37.6 Å². The van der Waals surface area contributed by atoms with Crippen molar-refractivity contribution >= 4 is 11.6 Å². The minimum atomic E-state index is -0.346. The van der Waals surface area contributed by atoms with E-state index in [1.165, 1.54) is 5.69 Å². The van der Waals surface area contributed by atoms with Crippen LogP contribution in [0.4, 0.5) is 5.69 Å². The smallest absolute Gasteiger partial charge is 0.228 e. The molecule has 0 radical (unpaired) electrons. The first-order valence-electron chi connectivity index (χ1n) is 10.0. The lowest BCUT2D eigenvalue weighted by Gasteiger charge is -2.29. The number of carbonyl (C=O) groups is 1. The molecule has 3 rings (SSSR count). The highest BCUT2D eigenvalue weighted by molar-refractivity contribution is 5.84. The molecule has 1 heterocycles. The van der Waals surface area contributed by atoms with Crippen LogP contribution >= 0.6 is 0 Å². The molecule has 1 unspecified atom stereocenters. The van der Waals surface area contributed by atoms with E-state index in [1.54, 1.807) is 0 Å². The van der Waals surface area contributed by atoms with Crippen LogP contribution in [0.5, 0.6) is 0 Å². The third kappa shape index (κ3) is 5.46. The number of benzene rings is 2. The summed E-state index contributed by atoms with van der Waals surface area (Å²) in [5, 5.41) is 14.8. The Morgan fingerprint density at radius 2 is 1.93 bits per heavy atom. The Hall–Kier alpha value is -3.10. The Morgan fingerprint density at radius 1 is 1.21 bits per heavy atom. The number of rotatable bonds is 7. The van der Waals surface area contributed by atoms with Crippen molar-refractivity contribution in [3.63, 3.8) is 0 Å². The van der Waals surface area contributed by atoms with Gasteiger partial charge in [-0.25, -0.2) is 0 Å². The van der Waals surface area contributed by atoms with Gasteiger partial charge in [0.05, 0.1) is 12.0 Å². The molecule has 1 amide bonds. The lowest BCUT2D eigenvalue weighted by atomic mass is 9.89. The zero-order valence-corrected chi connectivity index (χ0v) is 16.9. The van der Waals surface area contributed by atoms with Crippen LogP contribution in [0.1, 0.15) is 24.8 Å². The second-order valence-corrected chi connectivity index (χ2v) is 7.50. The highest BCUT2D eigenvalue weighted by Gasteiger charge is 2.21. The maximum Gasteiger partial charge on any atom is 0.228 e. The van der Waals surface area contributed by atoms with Crippen molar-refractivity contribution in [2.24, 2.45) is 0 Å². The van der Waals surface area contributed by atoms with E-state index in [0.717, 1.165) is 48.4 Å². The van der Waals surface area contributed by atoms with E-state index in [-0.39, 0.29) is 18.4 Å². The van der Waals surface area contributed by atoms with Crippen LogP contribution in [-0.4, -0.2) is 38.6 Å². The average Bonchev–Trinajstić information content (AvgIpc) is 2.76. The Morgan fingerprint density at radius 3 is 2.59 bits per heavy atom. The Kier molecular flexibility index (Phi) is 7.04. The highest BCUT2D eigenvalue weighted by Crippen LogP contribution is 2.29. The van der Waals surface area contributed by atoms with Gasteiger partial charge in [0.2, 0.25) is 5.91 Å². The molecule has 1 fully saturated rings. The average molecular weight is 389 g/mol. The van der Waals surface area contributed by atoms with Crippen molar-refractivity contribution in [1.29, 1.82) is 5.26 Å². The Labute approximate surface area is 173 Å². The van der Waals surface area contributed by atoms with E-state index in [0.29, 0.717) is 6.42 Å². The topological polar surface area (TPSA) is 68.2 Å². The third-order valence-electron chi connectivity index (χ3n) is 5.18. The number of carbonyl (C=O) groups excluding carboxylic acids is 1. The van der Waals surface area contributed by atoms with Crippen LogP contribution in [0.25, 0.3) is 11.1 Å². The molecule has 0 spiro atoms. The van der Waals surface area contributed by atoms with E-state index in [4.69, 9.17) is 5.26 Å². The number of nitrogens with zero attached hydrogens (tertiary/aromatic N) is 2. The molecule has 1 saturated heterocycles. The van der Waals surface area contributed by atoms with Gasteiger partial charge in [-0.1, -0.05) is 42.0 Å². The Bertz CT molecular complexity index is 892. The molecular weight excluding hydrogens is 360 g/mol. The largest absolute Gasteiger partial charge is 0.369 e. The molecule has 1 atom stereocenters. The summed E-state index contributed by atoms with van der Waals surface area (Å²) < 4.78 is 0. The molecule has 150 valence electrons. The number of nitrogens with one attached hydrogen (secondary N) is 2. The van der Waals surface area contributed by atoms with Crippen molar-refractivity contribution in [3.8, 4) is 17.2 Å². The van der Waals surface area contributed by atoms with Crippen LogP contribution in [0.2, 0.25) is 0 Å². The molecule has 2 aromatic rings. The van der Waals surface area contributed by atoms with Crippen LogP contribution in [0.3, 0.4) is 0 Å². The van der Waals surface area contributed by atoms with Crippen LogP contribution < -0.4 is 15.5 Å². The number of nitriles is 1. The van der Waals surface area contributed by atoms with Gasteiger partial charge in [-0.2, -0.15) is 5.26 Å². The molecule has 1 aliphatic rings. The molecular formula is C24H28N4O. The van der Waals surface area contributed by atoms with Crippen LogP contribution in [0.15, 0.2) is 60.7 Å². The first-order chi connectivity index (χ1) is 14.1. The fraction of sp³-hybridized carbons (Fsp3) is 0.333. The van der Waals surface area contributed by atoms with Crippen molar-refractivity contribution in [1.82, 2.24) is 10.6 Å². The zero-order valence-electron chi connectivity index (χ0n) is 16.9. The second-order valence-electron chi connectivity index (χ2n) is 7.50. The zero-order chi connectivity index (χ0) is 20.6. The van der Waals surface area contributed by atoms with E-state index in [9.17, 15) is 4.79 Å². The van der Waals surface area contributed by atoms with E-state index in [1.807, 2.05) is 25.1 Å². The third-order valence-corrected chi connectivity index (χ3v) is 5.18. The first-order valence-corrected chi connectivity index (χ1v) is 10.0. The lowest BCUT2D eigenvalue weighted by molar-refractivity contribution is -0.122. The standard InChI is InChI=1S/C24H28N4O/c1-18(2)16-23(24(29)27-11-10-25)21-5-3-4-20(17-21)19-6-8-22(9-7-19)28-14-12-26-13-15-28/h3-9,17,23,26H,1,11-16H2,2H3,(H,27,29). The monoisotopic (exact) mass is 388 g/mol. The van der Waals surface area contributed by atoms with Gasteiger partial charge in [-0.3, -0.25) is 4.79 Å². The summed E-state index contributed by atoms with van der Waals surface area (Å²) in [6, 6.07) is 18.7. The van der Waals surface area contributed by atoms with Gasteiger partial charge >= 0.3 is 0 Å². The van der Waals surface area contributed by atoms with Gasteiger partial charge in [0.1, 0.15) is 6.54 Å². The van der Waals surface area contributed by atoms with Gasteiger partial charge in [-0.15, -0.1) is 6.58 Å². The maximum absolute atomic E-state index is 12.6. The number of piperazine rings is 1. The molecule has 0 aliphatic carbocycles. The summed E-state index contributed by atoms with van der Waals surface area (Å²) in [7, 11) is 0. The summed E-state index contributed by atoms with van der Waals surface area (Å²) in [5.41, 5.74) is 5.31. The minimum Gasteiger partial charge on any atom is -0.369 e. The SMILES string of the molecule is C=C(C)CC(C(=O)NCC#N)c1cccc(-c2ccc(N3CCNCC3)cc2)c1. The van der Waals surface area contributed by atoms with Crippen LogP contribution in [-0.2, 0) is 4.79 Å². The summed E-state index contributed by atoms with van der Waals surface area (Å²) in [5.74, 6) is -0.485. The summed E-state index contributed by atoms with van der Waals surface area (Å²) in [6.45, 7) is 9.97. The fourth-order valence-electron chi connectivity index (χ4n) is 3.68. The lowest BCUT2D eigenvalue weighted by Crippen LogP contribution is -2.43. The number of anilines is 1. The number of hydrogen-bond donors (Lipinski definition) is 2. The van der Waals surface area contributed by atoms with Gasteiger partial charge in [-0.05, 0) is 42.2 Å². The molecule has 5 heteroatoms. The van der Waals surface area contributed by atoms with Crippen molar-refractivity contribution in [2.45, 2.75) is 19.3 Å². The first kappa shape index (κ1) is 20.6. The normalized spacial score (nSPS) is 14.7. The van der Waals surface area contributed by atoms with Gasteiger partial charge in [0, 0.05) is 31.9 Å². The number of amides is 1. The van der Waals surface area contributed by atoms with E-state index < -0.39 is 0 Å². The van der Waals surface area contributed by atoms with Gasteiger partial charge in [0.25, 0.3) is 0 Å².